The lowest BCUT2D eigenvalue weighted by Gasteiger charge is -2.22. The zero-order valence-corrected chi connectivity index (χ0v) is 15.7. The second-order valence-corrected chi connectivity index (χ2v) is 10.5. The highest BCUT2D eigenvalue weighted by Gasteiger charge is 2.21. The Balaban J connectivity index is 2.92. The second-order valence-electron chi connectivity index (χ2n) is 6.52. The van der Waals surface area contributed by atoms with Gasteiger partial charge in [0.2, 0.25) is 0 Å². The van der Waals surface area contributed by atoms with E-state index in [-0.39, 0.29) is 10.8 Å². The van der Waals surface area contributed by atoms with Crippen molar-refractivity contribution in [2.24, 2.45) is 0 Å². The van der Waals surface area contributed by atoms with Crippen molar-refractivity contribution in [2.75, 3.05) is 11.8 Å². The van der Waals surface area contributed by atoms with Crippen LogP contribution in [0.25, 0.3) is 0 Å². The standard InChI is InChI=1S/C15H26N2O3S2/c1-12(2)17(6)22(19,20)16-14-9-7-8-13(10-14)11-21(18)15(3,4)5/h7-10,12,16H,11H2,1-6H3. The molecule has 0 aliphatic rings. The molecule has 1 aromatic carbocycles. The van der Waals surface area contributed by atoms with E-state index >= 15 is 0 Å². The van der Waals surface area contributed by atoms with Crippen molar-refractivity contribution in [3.05, 3.63) is 29.8 Å². The molecule has 0 spiro atoms. The van der Waals surface area contributed by atoms with Gasteiger partial charge in [-0.3, -0.25) is 8.93 Å². The van der Waals surface area contributed by atoms with Crippen molar-refractivity contribution < 1.29 is 12.6 Å². The molecule has 126 valence electrons. The summed E-state index contributed by atoms with van der Waals surface area (Å²) in [5.74, 6) is 0.402. The van der Waals surface area contributed by atoms with E-state index in [9.17, 15) is 12.6 Å². The van der Waals surface area contributed by atoms with Crippen LogP contribution in [0.5, 0.6) is 0 Å². The Kier molecular flexibility index (Phi) is 6.18. The predicted molar refractivity (Wildman–Crippen MR) is 93.5 cm³/mol. The van der Waals surface area contributed by atoms with Gasteiger partial charge in [0.05, 0.1) is 5.69 Å². The van der Waals surface area contributed by atoms with Crippen LogP contribution in [0, 0.1) is 0 Å². The minimum Gasteiger partial charge on any atom is -0.271 e. The lowest BCUT2D eigenvalue weighted by molar-refractivity contribution is 0.414. The summed E-state index contributed by atoms with van der Waals surface area (Å²) in [6.45, 7) is 9.39. The molecule has 1 atom stereocenters. The van der Waals surface area contributed by atoms with E-state index in [0.717, 1.165) is 5.56 Å². The molecular formula is C15H26N2O3S2. The normalized spacial score (nSPS) is 14.4. The van der Waals surface area contributed by atoms with Gasteiger partial charge in [-0.25, -0.2) is 0 Å². The van der Waals surface area contributed by atoms with Gasteiger partial charge in [0.1, 0.15) is 0 Å². The molecule has 0 amide bonds. The zero-order chi connectivity index (χ0) is 17.1. The van der Waals surface area contributed by atoms with Crippen LogP contribution in [0.2, 0.25) is 0 Å². The molecule has 1 unspecified atom stereocenters. The van der Waals surface area contributed by atoms with E-state index in [0.29, 0.717) is 11.4 Å². The van der Waals surface area contributed by atoms with Gasteiger partial charge in [0, 0.05) is 34.4 Å². The Morgan fingerprint density at radius 1 is 1.27 bits per heavy atom. The fourth-order valence-electron chi connectivity index (χ4n) is 1.59. The molecule has 0 fully saturated rings. The highest BCUT2D eigenvalue weighted by molar-refractivity contribution is 7.90. The summed E-state index contributed by atoms with van der Waals surface area (Å²) in [7, 11) is -3.07. The Hall–Kier alpha value is -0.920. The minimum absolute atomic E-state index is 0.130. The maximum Gasteiger partial charge on any atom is 0.301 e. The molecule has 0 aliphatic carbocycles. The van der Waals surface area contributed by atoms with Gasteiger partial charge >= 0.3 is 10.2 Å². The molecule has 5 nitrogen and oxygen atoms in total. The quantitative estimate of drug-likeness (QED) is 0.861. The van der Waals surface area contributed by atoms with E-state index < -0.39 is 21.0 Å². The molecule has 0 saturated carbocycles. The van der Waals surface area contributed by atoms with E-state index in [1.165, 1.54) is 11.4 Å². The molecule has 0 aromatic heterocycles. The molecule has 1 N–H and O–H groups in total. The van der Waals surface area contributed by atoms with Crippen LogP contribution in [-0.2, 0) is 26.8 Å². The van der Waals surface area contributed by atoms with Crippen molar-refractivity contribution in [1.82, 2.24) is 4.31 Å². The average Bonchev–Trinajstić information content (AvgIpc) is 2.36. The summed E-state index contributed by atoms with van der Waals surface area (Å²) in [6.07, 6.45) is 0. The van der Waals surface area contributed by atoms with Crippen LogP contribution in [0.4, 0.5) is 5.69 Å². The first kappa shape index (κ1) is 19.1. The lowest BCUT2D eigenvalue weighted by Crippen LogP contribution is -2.37. The summed E-state index contributed by atoms with van der Waals surface area (Å²) in [6, 6.07) is 6.91. The third-order valence-corrected chi connectivity index (χ3v) is 6.90. The maximum absolute atomic E-state index is 12.2. The molecular weight excluding hydrogens is 320 g/mol. The van der Waals surface area contributed by atoms with Crippen molar-refractivity contribution in [3.63, 3.8) is 0 Å². The first-order chi connectivity index (χ1) is 9.93. The van der Waals surface area contributed by atoms with Gasteiger partial charge in [-0.1, -0.05) is 12.1 Å². The van der Waals surface area contributed by atoms with Crippen LogP contribution in [0.3, 0.4) is 0 Å². The number of hydrogen-bond acceptors (Lipinski definition) is 3. The molecule has 0 saturated heterocycles. The number of anilines is 1. The van der Waals surface area contributed by atoms with Crippen LogP contribution in [0.1, 0.15) is 40.2 Å². The van der Waals surface area contributed by atoms with Crippen LogP contribution < -0.4 is 4.72 Å². The van der Waals surface area contributed by atoms with E-state index in [2.05, 4.69) is 4.72 Å². The predicted octanol–water partition coefficient (Wildman–Crippen LogP) is 2.73. The lowest BCUT2D eigenvalue weighted by atomic mass is 10.2. The molecule has 0 radical (unpaired) electrons. The number of nitrogens with zero attached hydrogens (tertiary/aromatic N) is 1. The summed E-state index contributed by atoms with van der Waals surface area (Å²) >= 11 is 0. The van der Waals surface area contributed by atoms with Crippen molar-refractivity contribution in [1.29, 1.82) is 0 Å². The van der Waals surface area contributed by atoms with Crippen molar-refractivity contribution in [2.45, 2.75) is 51.2 Å². The number of benzene rings is 1. The number of rotatable bonds is 6. The maximum atomic E-state index is 12.2. The summed E-state index contributed by atoms with van der Waals surface area (Å²) in [4.78, 5) is 0. The fourth-order valence-corrected chi connectivity index (χ4v) is 3.63. The van der Waals surface area contributed by atoms with Crippen LogP contribution >= 0.6 is 0 Å². The second kappa shape index (κ2) is 7.10. The van der Waals surface area contributed by atoms with Crippen LogP contribution in [0.15, 0.2) is 24.3 Å². The smallest absolute Gasteiger partial charge is 0.271 e. The number of hydrogen-bond donors (Lipinski definition) is 1. The Bertz CT molecular complexity index is 634. The molecule has 0 bridgehead atoms. The fraction of sp³-hybridized carbons (Fsp3) is 0.600. The van der Waals surface area contributed by atoms with Crippen LogP contribution in [-0.4, -0.2) is 34.8 Å². The monoisotopic (exact) mass is 346 g/mol. The Morgan fingerprint density at radius 3 is 2.36 bits per heavy atom. The zero-order valence-electron chi connectivity index (χ0n) is 14.1. The summed E-state index contributed by atoms with van der Waals surface area (Å²) in [5, 5.41) is 0. The van der Waals surface area contributed by atoms with Gasteiger partial charge in [0.25, 0.3) is 0 Å². The first-order valence-corrected chi connectivity index (χ1v) is 9.92. The molecule has 7 heteroatoms. The number of nitrogens with one attached hydrogen (secondary N) is 1. The Labute approximate surface area is 136 Å². The highest BCUT2D eigenvalue weighted by Crippen LogP contribution is 2.20. The van der Waals surface area contributed by atoms with Gasteiger partial charge in [0.15, 0.2) is 0 Å². The summed E-state index contributed by atoms with van der Waals surface area (Å²) < 4.78 is 40.1. The van der Waals surface area contributed by atoms with Gasteiger partial charge in [-0.05, 0) is 52.3 Å². The minimum atomic E-state index is -3.58. The summed E-state index contributed by atoms with van der Waals surface area (Å²) in [5.41, 5.74) is 1.33. The molecule has 0 heterocycles. The molecule has 22 heavy (non-hydrogen) atoms. The SMILES string of the molecule is CC(C)N(C)S(=O)(=O)Nc1cccc(CS(=O)C(C)(C)C)c1. The third-order valence-electron chi connectivity index (χ3n) is 3.26. The van der Waals surface area contributed by atoms with E-state index in [4.69, 9.17) is 0 Å². The van der Waals surface area contributed by atoms with E-state index in [1.807, 2.05) is 40.7 Å². The van der Waals surface area contributed by atoms with Crippen molar-refractivity contribution in [3.8, 4) is 0 Å². The largest absolute Gasteiger partial charge is 0.301 e. The van der Waals surface area contributed by atoms with Gasteiger partial charge < -0.3 is 0 Å². The first-order valence-electron chi connectivity index (χ1n) is 7.16. The van der Waals surface area contributed by atoms with E-state index in [1.54, 1.807) is 18.2 Å². The topological polar surface area (TPSA) is 66.5 Å². The third kappa shape index (κ3) is 5.37. The molecule has 0 aliphatic heterocycles. The molecule has 1 rings (SSSR count). The van der Waals surface area contributed by atoms with Gasteiger partial charge in [-0.15, -0.1) is 0 Å². The molecule has 1 aromatic rings. The Morgan fingerprint density at radius 2 is 1.86 bits per heavy atom. The van der Waals surface area contributed by atoms with Crippen molar-refractivity contribution >= 4 is 26.7 Å². The highest BCUT2D eigenvalue weighted by atomic mass is 32.2. The average molecular weight is 347 g/mol. The van der Waals surface area contributed by atoms with Gasteiger partial charge in [-0.2, -0.15) is 12.7 Å².